The first-order valence-corrected chi connectivity index (χ1v) is 8.51. The van der Waals surface area contributed by atoms with Crippen LogP contribution in [0.15, 0.2) is 28.7 Å². The molecule has 0 fully saturated rings. The number of halogens is 1. The normalized spacial score (nSPS) is 13.3. The fourth-order valence-corrected chi connectivity index (χ4v) is 2.81. The zero-order valence-electron chi connectivity index (χ0n) is 10.5. The maximum absolute atomic E-state index is 11.1. The van der Waals surface area contributed by atoms with E-state index in [0.717, 1.165) is 10.2 Å². The van der Waals surface area contributed by atoms with Gasteiger partial charge in [0.05, 0.1) is 5.75 Å². The van der Waals surface area contributed by atoms with Gasteiger partial charge in [-0.25, -0.2) is 8.42 Å². The summed E-state index contributed by atoms with van der Waals surface area (Å²) >= 11 is 3.35. The predicted octanol–water partition coefficient (Wildman–Crippen LogP) is 1.85. The molecule has 0 aliphatic rings. The molecule has 4 nitrogen and oxygen atoms in total. The largest absolute Gasteiger partial charge is 0.492 e. The first-order valence-electron chi connectivity index (χ1n) is 5.66. The average Bonchev–Trinajstić information content (AvgIpc) is 2.24. The monoisotopic (exact) mass is 335 g/mol. The number of ether oxygens (including phenoxy) is 1. The van der Waals surface area contributed by atoms with Gasteiger partial charge in [-0.3, -0.25) is 0 Å². The topological polar surface area (TPSA) is 55.4 Å². The Balaban J connectivity index is 2.21. The van der Waals surface area contributed by atoms with E-state index < -0.39 is 9.84 Å². The van der Waals surface area contributed by atoms with E-state index in [-0.39, 0.29) is 11.8 Å². The molecule has 0 aromatic heterocycles. The average molecular weight is 336 g/mol. The number of nitrogens with one attached hydrogen (secondary N) is 1. The molecule has 1 atom stereocenters. The van der Waals surface area contributed by atoms with Crippen LogP contribution in [0.25, 0.3) is 0 Å². The van der Waals surface area contributed by atoms with Crippen LogP contribution >= 0.6 is 15.9 Å². The Hall–Kier alpha value is -0.590. The molecule has 1 aromatic rings. The van der Waals surface area contributed by atoms with Gasteiger partial charge in [-0.05, 0) is 31.2 Å². The molecule has 1 unspecified atom stereocenters. The van der Waals surface area contributed by atoms with Crippen LogP contribution in [0.1, 0.15) is 6.92 Å². The van der Waals surface area contributed by atoms with Crippen molar-refractivity contribution < 1.29 is 13.2 Å². The fourth-order valence-electron chi connectivity index (χ4n) is 1.52. The van der Waals surface area contributed by atoms with E-state index in [0.29, 0.717) is 13.2 Å². The van der Waals surface area contributed by atoms with Crippen molar-refractivity contribution in [2.75, 3.05) is 25.2 Å². The molecule has 1 aromatic carbocycles. The summed E-state index contributed by atoms with van der Waals surface area (Å²) in [6.45, 7) is 2.98. The van der Waals surface area contributed by atoms with E-state index in [9.17, 15) is 8.42 Å². The fraction of sp³-hybridized carbons (Fsp3) is 0.500. The van der Waals surface area contributed by atoms with Crippen molar-refractivity contribution in [2.45, 2.75) is 13.0 Å². The maximum Gasteiger partial charge on any atom is 0.148 e. The number of benzene rings is 1. The Kier molecular flexibility index (Phi) is 6.11. The van der Waals surface area contributed by atoms with E-state index in [1.165, 1.54) is 6.26 Å². The Morgan fingerprint density at radius 1 is 1.33 bits per heavy atom. The third-order valence-corrected chi connectivity index (χ3v) is 3.86. The molecule has 0 radical (unpaired) electrons. The van der Waals surface area contributed by atoms with E-state index in [2.05, 4.69) is 21.2 Å². The molecule has 102 valence electrons. The lowest BCUT2D eigenvalue weighted by molar-refractivity contribution is 0.309. The summed E-state index contributed by atoms with van der Waals surface area (Å²) in [6.07, 6.45) is 1.24. The number of hydrogen-bond acceptors (Lipinski definition) is 4. The first-order chi connectivity index (χ1) is 8.37. The Labute approximate surface area is 117 Å². The van der Waals surface area contributed by atoms with Crippen molar-refractivity contribution in [3.63, 3.8) is 0 Å². The lowest BCUT2D eigenvalue weighted by Gasteiger charge is -2.13. The lowest BCUT2D eigenvalue weighted by atomic mass is 10.3. The predicted molar refractivity (Wildman–Crippen MR) is 76.8 cm³/mol. The molecule has 1 N–H and O–H groups in total. The van der Waals surface area contributed by atoms with Crippen LogP contribution in [0.5, 0.6) is 5.75 Å². The molecule has 0 bridgehead atoms. The van der Waals surface area contributed by atoms with Gasteiger partial charge in [0.15, 0.2) is 0 Å². The number of sulfone groups is 1. The van der Waals surface area contributed by atoms with Gasteiger partial charge >= 0.3 is 0 Å². The molecule has 0 aliphatic carbocycles. The zero-order valence-corrected chi connectivity index (χ0v) is 12.9. The molecule has 18 heavy (non-hydrogen) atoms. The summed E-state index contributed by atoms with van der Waals surface area (Å²) < 4.78 is 28.6. The number of hydrogen-bond donors (Lipinski definition) is 1. The van der Waals surface area contributed by atoms with Crippen molar-refractivity contribution in [3.05, 3.63) is 28.7 Å². The van der Waals surface area contributed by atoms with E-state index >= 15 is 0 Å². The highest BCUT2D eigenvalue weighted by Gasteiger charge is 2.09. The van der Waals surface area contributed by atoms with Gasteiger partial charge in [0.1, 0.15) is 22.2 Å². The van der Waals surface area contributed by atoms with Gasteiger partial charge in [0, 0.05) is 23.3 Å². The smallest absolute Gasteiger partial charge is 0.148 e. The Bertz CT molecular complexity index is 459. The third kappa shape index (κ3) is 6.98. The highest BCUT2D eigenvalue weighted by molar-refractivity contribution is 9.10. The molecule has 0 saturated carbocycles. The molecular formula is C12H18BrNO3S. The summed E-state index contributed by atoms with van der Waals surface area (Å²) in [5.74, 6) is 0.946. The molecule has 0 saturated heterocycles. The van der Waals surface area contributed by atoms with Crippen LogP contribution in [0.2, 0.25) is 0 Å². The first kappa shape index (κ1) is 15.5. The highest BCUT2D eigenvalue weighted by Crippen LogP contribution is 2.15. The lowest BCUT2D eigenvalue weighted by Crippen LogP contribution is -2.35. The Morgan fingerprint density at radius 3 is 2.50 bits per heavy atom. The van der Waals surface area contributed by atoms with E-state index in [1.54, 1.807) is 0 Å². The minimum atomic E-state index is -2.93. The van der Waals surface area contributed by atoms with Crippen LogP contribution < -0.4 is 10.1 Å². The van der Waals surface area contributed by atoms with Crippen LogP contribution in [0.4, 0.5) is 0 Å². The van der Waals surface area contributed by atoms with Gasteiger partial charge in [-0.2, -0.15) is 0 Å². The highest BCUT2D eigenvalue weighted by atomic mass is 79.9. The Morgan fingerprint density at radius 2 is 1.94 bits per heavy atom. The molecule has 0 spiro atoms. The van der Waals surface area contributed by atoms with Gasteiger partial charge in [-0.15, -0.1) is 0 Å². The quantitative estimate of drug-likeness (QED) is 0.772. The summed E-state index contributed by atoms with van der Waals surface area (Å²) in [5, 5.41) is 3.11. The standard InChI is InChI=1S/C12H18BrNO3S/c1-10(9-18(2,15)16)14-7-8-17-12-5-3-11(13)4-6-12/h3-6,10,14H,7-9H2,1-2H3. The van der Waals surface area contributed by atoms with Gasteiger partial charge in [-0.1, -0.05) is 15.9 Å². The molecule has 0 amide bonds. The maximum atomic E-state index is 11.1. The van der Waals surface area contributed by atoms with Crippen molar-refractivity contribution in [2.24, 2.45) is 0 Å². The zero-order chi connectivity index (χ0) is 13.6. The van der Waals surface area contributed by atoms with E-state index in [1.807, 2.05) is 31.2 Å². The van der Waals surface area contributed by atoms with Crippen molar-refractivity contribution in [3.8, 4) is 5.75 Å². The molecule has 1 rings (SSSR count). The summed E-state index contributed by atoms with van der Waals surface area (Å²) in [7, 11) is -2.93. The second-order valence-corrected chi connectivity index (χ2v) is 7.35. The molecule has 0 aliphatic heterocycles. The summed E-state index contributed by atoms with van der Waals surface area (Å²) in [4.78, 5) is 0. The van der Waals surface area contributed by atoms with Crippen molar-refractivity contribution in [1.82, 2.24) is 5.32 Å². The minimum absolute atomic E-state index is 0.0616. The van der Waals surface area contributed by atoms with Gasteiger partial charge in [0.25, 0.3) is 0 Å². The van der Waals surface area contributed by atoms with Gasteiger partial charge in [0.2, 0.25) is 0 Å². The van der Waals surface area contributed by atoms with Crippen molar-refractivity contribution >= 4 is 25.8 Å². The van der Waals surface area contributed by atoms with Crippen LogP contribution in [0, 0.1) is 0 Å². The molecular weight excluding hydrogens is 318 g/mol. The van der Waals surface area contributed by atoms with E-state index in [4.69, 9.17) is 4.74 Å². The van der Waals surface area contributed by atoms with Crippen LogP contribution in [-0.2, 0) is 9.84 Å². The van der Waals surface area contributed by atoms with Crippen LogP contribution in [-0.4, -0.2) is 39.6 Å². The van der Waals surface area contributed by atoms with Gasteiger partial charge < -0.3 is 10.1 Å². The SMILES string of the molecule is CC(CS(C)(=O)=O)NCCOc1ccc(Br)cc1. The molecule has 0 heterocycles. The summed E-state index contributed by atoms with van der Waals surface area (Å²) in [5.41, 5.74) is 0. The second kappa shape index (κ2) is 7.11. The van der Waals surface area contributed by atoms with Crippen molar-refractivity contribution in [1.29, 1.82) is 0 Å². The third-order valence-electron chi connectivity index (χ3n) is 2.23. The number of rotatable bonds is 7. The molecule has 6 heteroatoms. The second-order valence-electron chi connectivity index (χ2n) is 4.25. The van der Waals surface area contributed by atoms with Crippen LogP contribution in [0.3, 0.4) is 0 Å². The minimum Gasteiger partial charge on any atom is -0.492 e. The summed E-state index contributed by atoms with van der Waals surface area (Å²) in [6, 6.07) is 7.52.